The Balaban J connectivity index is 1.64. The lowest BCUT2D eigenvalue weighted by molar-refractivity contribution is -0.124. The number of rotatable bonds is 4. The summed E-state index contributed by atoms with van der Waals surface area (Å²) >= 11 is 0. The van der Waals surface area contributed by atoms with E-state index < -0.39 is 6.61 Å². The molecule has 0 unspecified atom stereocenters. The van der Waals surface area contributed by atoms with Crippen LogP contribution in [0.5, 0.6) is 0 Å². The van der Waals surface area contributed by atoms with Gasteiger partial charge < -0.3 is 10.4 Å². The van der Waals surface area contributed by atoms with Crippen molar-refractivity contribution >= 4 is 5.91 Å². The molecule has 0 spiro atoms. The van der Waals surface area contributed by atoms with E-state index in [2.05, 4.69) is 26.1 Å². The molecule has 2 aliphatic rings. The molecule has 2 heterocycles. The Morgan fingerprint density at radius 2 is 2.09 bits per heavy atom. The van der Waals surface area contributed by atoms with E-state index in [-0.39, 0.29) is 5.91 Å². The fourth-order valence-electron chi connectivity index (χ4n) is 3.64. The summed E-state index contributed by atoms with van der Waals surface area (Å²) in [5.41, 5.74) is 2.12. The Morgan fingerprint density at radius 3 is 2.86 bits per heavy atom. The highest BCUT2D eigenvalue weighted by molar-refractivity contribution is 5.76. The molecule has 0 bridgehead atoms. The lowest BCUT2D eigenvalue weighted by Crippen LogP contribution is -2.36. The molecule has 22 heavy (non-hydrogen) atoms. The van der Waals surface area contributed by atoms with Crippen LogP contribution in [0.1, 0.15) is 49.9 Å². The van der Waals surface area contributed by atoms with Gasteiger partial charge in [-0.2, -0.15) is 5.10 Å². The van der Waals surface area contributed by atoms with E-state index in [0.29, 0.717) is 6.54 Å². The van der Waals surface area contributed by atoms with Gasteiger partial charge in [-0.05, 0) is 25.3 Å². The smallest absolute Gasteiger partial charge is 0.246 e. The first-order valence-corrected chi connectivity index (χ1v) is 8.43. The largest absolute Gasteiger partial charge is 0.387 e. The first-order chi connectivity index (χ1) is 10.8. The number of aliphatic hydroxyl groups is 1. The molecule has 122 valence electrons. The van der Waals surface area contributed by atoms with E-state index in [1.165, 1.54) is 37.8 Å². The molecule has 6 nitrogen and oxygen atoms in total. The van der Waals surface area contributed by atoms with Crippen molar-refractivity contribution < 1.29 is 9.90 Å². The molecule has 2 N–H and O–H groups in total. The summed E-state index contributed by atoms with van der Waals surface area (Å²) in [6.07, 6.45) is 7.89. The van der Waals surface area contributed by atoms with Crippen LogP contribution in [0, 0.1) is 0 Å². The van der Waals surface area contributed by atoms with Gasteiger partial charge in [0.2, 0.25) is 5.91 Å². The van der Waals surface area contributed by atoms with E-state index in [1.807, 2.05) is 0 Å². The first kappa shape index (κ1) is 15.5. The van der Waals surface area contributed by atoms with Gasteiger partial charge in [0.1, 0.15) is 6.61 Å². The monoisotopic (exact) mass is 306 g/mol. The number of amides is 1. The van der Waals surface area contributed by atoms with Gasteiger partial charge in [0.25, 0.3) is 0 Å². The number of nitrogens with one attached hydrogen (secondary N) is 1. The number of fused-ring (bicyclic) bond motifs is 1. The normalized spacial score (nSPS) is 20.4. The number of carbonyl (C=O) groups is 1. The van der Waals surface area contributed by atoms with Crippen LogP contribution in [0.3, 0.4) is 0 Å². The number of aryl methyl sites for hydroxylation is 1. The molecule has 1 amide bonds. The number of nitrogens with zero attached hydrogens (tertiary/aromatic N) is 3. The third-order valence-corrected chi connectivity index (χ3v) is 4.80. The highest BCUT2D eigenvalue weighted by Gasteiger charge is 2.24. The predicted octanol–water partition coefficient (Wildman–Crippen LogP) is 1.03. The molecule has 3 rings (SSSR count). The third kappa shape index (κ3) is 3.67. The van der Waals surface area contributed by atoms with E-state index in [9.17, 15) is 4.79 Å². The van der Waals surface area contributed by atoms with Crippen molar-refractivity contribution in [2.75, 3.05) is 13.2 Å². The van der Waals surface area contributed by atoms with Crippen molar-refractivity contribution in [3.8, 4) is 0 Å². The molecular weight excluding hydrogens is 280 g/mol. The van der Waals surface area contributed by atoms with Gasteiger partial charge in [-0.1, -0.05) is 19.3 Å². The Morgan fingerprint density at radius 1 is 1.27 bits per heavy atom. The highest BCUT2D eigenvalue weighted by Crippen LogP contribution is 2.25. The highest BCUT2D eigenvalue weighted by atomic mass is 16.3. The summed E-state index contributed by atoms with van der Waals surface area (Å²) in [5.74, 6) is -0.355. The third-order valence-electron chi connectivity index (χ3n) is 4.80. The van der Waals surface area contributed by atoms with Gasteiger partial charge in [-0.3, -0.25) is 14.4 Å². The van der Waals surface area contributed by atoms with Crippen molar-refractivity contribution in [3.05, 3.63) is 17.5 Å². The first-order valence-electron chi connectivity index (χ1n) is 8.43. The Bertz CT molecular complexity index is 508. The zero-order valence-electron chi connectivity index (χ0n) is 13.1. The number of aromatic nitrogens is 2. The second-order valence-corrected chi connectivity index (χ2v) is 6.40. The molecule has 0 atom stereocenters. The van der Waals surface area contributed by atoms with Crippen LogP contribution in [0.4, 0.5) is 0 Å². The molecule has 0 saturated heterocycles. The summed E-state index contributed by atoms with van der Waals surface area (Å²) in [7, 11) is 0. The molecule has 1 saturated carbocycles. The minimum absolute atomic E-state index is 0.355. The minimum atomic E-state index is -0.469. The maximum Gasteiger partial charge on any atom is 0.246 e. The summed E-state index contributed by atoms with van der Waals surface area (Å²) in [4.78, 5) is 13.8. The van der Waals surface area contributed by atoms with Crippen molar-refractivity contribution in [1.29, 1.82) is 0 Å². The molecule has 1 aromatic heterocycles. The Hall–Kier alpha value is -1.40. The fraction of sp³-hybridized carbons (Fsp3) is 0.750. The van der Waals surface area contributed by atoms with Crippen molar-refractivity contribution in [2.24, 2.45) is 0 Å². The predicted molar refractivity (Wildman–Crippen MR) is 83.1 cm³/mol. The van der Waals surface area contributed by atoms with Gasteiger partial charge in [0.15, 0.2) is 0 Å². The van der Waals surface area contributed by atoms with Gasteiger partial charge in [-0.15, -0.1) is 0 Å². The van der Waals surface area contributed by atoms with Crippen LogP contribution in [0.2, 0.25) is 0 Å². The second kappa shape index (κ2) is 7.24. The second-order valence-electron chi connectivity index (χ2n) is 6.40. The van der Waals surface area contributed by atoms with Crippen LogP contribution < -0.4 is 5.32 Å². The van der Waals surface area contributed by atoms with Gasteiger partial charge >= 0.3 is 0 Å². The van der Waals surface area contributed by atoms with Gasteiger partial charge in [0.05, 0.1) is 17.9 Å². The topological polar surface area (TPSA) is 70.4 Å². The van der Waals surface area contributed by atoms with Crippen LogP contribution in [0.15, 0.2) is 6.07 Å². The molecule has 1 aromatic rings. The minimum Gasteiger partial charge on any atom is -0.387 e. The zero-order valence-corrected chi connectivity index (χ0v) is 13.1. The van der Waals surface area contributed by atoms with E-state index in [1.54, 1.807) is 0 Å². The van der Waals surface area contributed by atoms with Crippen molar-refractivity contribution in [2.45, 2.75) is 64.2 Å². The zero-order chi connectivity index (χ0) is 15.4. The number of hydrogen-bond acceptors (Lipinski definition) is 4. The summed E-state index contributed by atoms with van der Waals surface area (Å²) < 4.78 is 2.09. The number of aliphatic hydroxyl groups excluding tert-OH is 1. The molecule has 1 aliphatic carbocycles. The van der Waals surface area contributed by atoms with Crippen molar-refractivity contribution in [1.82, 2.24) is 20.0 Å². The van der Waals surface area contributed by atoms with E-state index in [4.69, 9.17) is 5.11 Å². The average molecular weight is 306 g/mol. The average Bonchev–Trinajstić information content (AvgIpc) is 2.83. The van der Waals surface area contributed by atoms with E-state index in [0.717, 1.165) is 37.8 Å². The van der Waals surface area contributed by atoms with Gasteiger partial charge in [-0.25, -0.2) is 0 Å². The lowest BCUT2D eigenvalue weighted by atomic mass is 9.94. The molecule has 1 aliphatic heterocycles. The molecule has 0 radical (unpaired) electrons. The summed E-state index contributed by atoms with van der Waals surface area (Å²) in [6.45, 7) is 2.99. The van der Waals surface area contributed by atoms with Gasteiger partial charge in [0, 0.05) is 25.7 Å². The number of hydrogen-bond donors (Lipinski definition) is 2. The van der Waals surface area contributed by atoms with Crippen LogP contribution in [0.25, 0.3) is 0 Å². The molecule has 0 aromatic carbocycles. The maximum atomic E-state index is 11.1. The molecule has 6 heteroatoms. The standard InChI is InChI=1S/C16H26N4O2/c21-12-16(22)17-10-13-9-15-11-19(7-4-8-20(15)18-13)14-5-2-1-3-6-14/h9,14,21H,1-8,10-12H2,(H,17,22). The Kier molecular flexibility index (Phi) is 5.10. The number of carbonyl (C=O) groups excluding carboxylic acids is 1. The summed E-state index contributed by atoms with van der Waals surface area (Å²) in [6, 6.07) is 2.83. The molecular formula is C16H26N4O2. The quantitative estimate of drug-likeness (QED) is 0.872. The SMILES string of the molecule is O=C(CO)NCc1cc2n(n1)CCCN(C1CCCCC1)C2. The Labute approximate surface area is 131 Å². The summed E-state index contributed by atoms with van der Waals surface area (Å²) in [5, 5.41) is 16.0. The van der Waals surface area contributed by atoms with Crippen molar-refractivity contribution in [3.63, 3.8) is 0 Å². The van der Waals surface area contributed by atoms with Crippen LogP contribution in [-0.4, -0.2) is 44.9 Å². The van der Waals surface area contributed by atoms with Crippen LogP contribution in [-0.2, 0) is 24.4 Å². The molecule has 1 fully saturated rings. The lowest BCUT2D eigenvalue weighted by Gasteiger charge is -2.33. The maximum absolute atomic E-state index is 11.1. The van der Waals surface area contributed by atoms with E-state index >= 15 is 0 Å². The van der Waals surface area contributed by atoms with Crippen LogP contribution >= 0.6 is 0 Å². The fourth-order valence-corrected chi connectivity index (χ4v) is 3.64.